The van der Waals surface area contributed by atoms with E-state index in [-0.39, 0.29) is 16.3 Å². The van der Waals surface area contributed by atoms with Crippen molar-refractivity contribution >= 4 is 23.3 Å². The summed E-state index contributed by atoms with van der Waals surface area (Å²) in [6, 6.07) is 3.76. The van der Waals surface area contributed by atoms with Crippen molar-refractivity contribution in [2.24, 2.45) is 0 Å². The Morgan fingerprint density at radius 1 is 1.46 bits per heavy atom. The summed E-state index contributed by atoms with van der Waals surface area (Å²) in [5.41, 5.74) is -0.518. The minimum atomic E-state index is -1.26. The zero-order valence-corrected chi connectivity index (χ0v) is 7.02. The summed E-state index contributed by atoms with van der Waals surface area (Å²) < 4.78 is 0. The predicted octanol–water partition coefficient (Wildman–Crippen LogP) is 1.84. The van der Waals surface area contributed by atoms with E-state index in [4.69, 9.17) is 21.9 Å². The number of aromatic carboxylic acids is 1. The number of benzene rings is 1. The average Bonchev–Trinajstić information content (AvgIpc) is 2.03. The van der Waals surface area contributed by atoms with Gasteiger partial charge in [0.2, 0.25) is 0 Å². The van der Waals surface area contributed by atoms with E-state index in [1.165, 1.54) is 18.2 Å². The third-order valence-corrected chi connectivity index (χ3v) is 1.81. The van der Waals surface area contributed by atoms with Gasteiger partial charge in [-0.25, -0.2) is 10.0 Å². The Morgan fingerprint density at radius 2 is 2.08 bits per heavy atom. The van der Waals surface area contributed by atoms with Crippen molar-refractivity contribution in [2.45, 2.75) is 0 Å². The van der Waals surface area contributed by atoms with Crippen molar-refractivity contribution in [3.05, 3.63) is 33.7 Å². The molecule has 0 saturated carbocycles. The SMILES string of the molecule is O=C(O)c1cccc([N+](=O)O)c1Cl. The van der Waals surface area contributed by atoms with Crippen LogP contribution in [0.3, 0.4) is 0 Å². The fourth-order valence-corrected chi connectivity index (χ4v) is 1.11. The molecule has 0 aliphatic carbocycles. The lowest BCUT2D eigenvalue weighted by atomic mass is 10.2. The first-order chi connectivity index (χ1) is 6.04. The van der Waals surface area contributed by atoms with Gasteiger partial charge >= 0.3 is 11.7 Å². The Labute approximate surface area is 77.7 Å². The lowest BCUT2D eigenvalue weighted by molar-refractivity contribution is -0.729. The topological polar surface area (TPSA) is 77.6 Å². The van der Waals surface area contributed by atoms with Crippen LogP contribution in [0.1, 0.15) is 10.4 Å². The smallest absolute Gasteiger partial charge is 0.337 e. The number of halogens is 1. The molecule has 0 bridgehead atoms. The lowest BCUT2D eigenvalue weighted by Crippen LogP contribution is -2.00. The summed E-state index contributed by atoms with van der Waals surface area (Å²) in [5, 5.41) is 16.8. The van der Waals surface area contributed by atoms with Crippen LogP contribution in [-0.2, 0) is 0 Å². The first-order valence-corrected chi connectivity index (χ1v) is 3.59. The van der Waals surface area contributed by atoms with Gasteiger partial charge in [-0.2, -0.15) is 0 Å². The van der Waals surface area contributed by atoms with Crippen molar-refractivity contribution in [1.29, 1.82) is 0 Å². The molecule has 13 heavy (non-hydrogen) atoms. The third kappa shape index (κ3) is 1.75. The Balaban J connectivity index is 3.35. The van der Waals surface area contributed by atoms with E-state index in [9.17, 15) is 9.70 Å². The second-order valence-corrected chi connectivity index (χ2v) is 2.59. The maximum Gasteiger partial charge on any atom is 0.337 e. The van der Waals surface area contributed by atoms with Crippen LogP contribution >= 0.6 is 11.6 Å². The van der Waals surface area contributed by atoms with Crippen LogP contribution in [0.4, 0.5) is 5.69 Å². The van der Waals surface area contributed by atoms with E-state index in [2.05, 4.69) is 0 Å². The summed E-state index contributed by atoms with van der Waals surface area (Å²) in [6.07, 6.45) is 0. The maximum absolute atomic E-state index is 10.5. The molecular weight excluding hydrogens is 198 g/mol. The minimum absolute atomic E-state index is 0.228. The van der Waals surface area contributed by atoms with E-state index < -0.39 is 10.9 Å². The number of carbonyl (C=O) groups is 1. The van der Waals surface area contributed by atoms with Crippen molar-refractivity contribution < 1.29 is 20.0 Å². The van der Waals surface area contributed by atoms with E-state index in [1.807, 2.05) is 0 Å². The van der Waals surface area contributed by atoms with Gasteiger partial charge in [0.05, 0.1) is 10.5 Å². The largest absolute Gasteiger partial charge is 0.478 e. The van der Waals surface area contributed by atoms with Gasteiger partial charge in [-0.05, 0) is 6.07 Å². The Kier molecular flexibility index (Phi) is 2.48. The molecule has 2 N–H and O–H groups in total. The normalized spacial score (nSPS) is 9.62. The Hall–Kier alpha value is -1.62. The summed E-state index contributed by atoms with van der Waals surface area (Å²) in [7, 11) is 0. The summed E-state index contributed by atoms with van der Waals surface area (Å²) in [6.45, 7) is 0. The summed E-state index contributed by atoms with van der Waals surface area (Å²) >= 11 is 5.52. The molecule has 0 aliphatic heterocycles. The molecule has 1 aromatic rings. The van der Waals surface area contributed by atoms with Gasteiger partial charge in [0.25, 0.3) is 4.92 Å². The van der Waals surface area contributed by atoms with Gasteiger partial charge in [-0.1, -0.05) is 17.7 Å². The molecule has 68 valence electrons. The van der Waals surface area contributed by atoms with Crippen molar-refractivity contribution in [3.8, 4) is 0 Å². The van der Waals surface area contributed by atoms with E-state index >= 15 is 0 Å². The molecule has 1 aromatic carbocycles. The molecule has 0 aliphatic rings. The van der Waals surface area contributed by atoms with Crippen molar-refractivity contribution in [2.75, 3.05) is 0 Å². The molecule has 1 rings (SSSR count). The number of carboxylic acid groups (broad SMARTS) is 1. The minimum Gasteiger partial charge on any atom is -0.478 e. The molecule has 0 saturated heterocycles. The van der Waals surface area contributed by atoms with E-state index in [1.54, 1.807) is 0 Å². The van der Waals surface area contributed by atoms with Gasteiger partial charge in [-0.3, -0.25) is 0 Å². The van der Waals surface area contributed by atoms with Gasteiger partial charge in [-0.15, -0.1) is 0 Å². The highest BCUT2D eigenvalue weighted by molar-refractivity contribution is 6.35. The number of rotatable bonds is 2. The molecule has 0 aromatic heterocycles. The van der Waals surface area contributed by atoms with Gasteiger partial charge in [0.15, 0.2) is 0 Å². The number of nitrogens with zero attached hydrogens (tertiary/aromatic N) is 1. The predicted molar refractivity (Wildman–Crippen MR) is 43.5 cm³/mol. The van der Waals surface area contributed by atoms with Crippen LogP contribution in [0.15, 0.2) is 18.2 Å². The van der Waals surface area contributed by atoms with E-state index in [0.29, 0.717) is 0 Å². The van der Waals surface area contributed by atoms with Crippen LogP contribution in [-0.4, -0.2) is 21.2 Å². The molecule has 0 radical (unpaired) electrons. The average molecular weight is 203 g/mol. The highest BCUT2D eigenvalue weighted by Crippen LogP contribution is 2.26. The number of hydrogen-bond donors (Lipinski definition) is 2. The van der Waals surface area contributed by atoms with Crippen LogP contribution < -0.4 is 0 Å². The van der Waals surface area contributed by atoms with Crippen molar-refractivity contribution in [1.82, 2.24) is 0 Å². The van der Waals surface area contributed by atoms with Gasteiger partial charge in [0, 0.05) is 6.07 Å². The van der Waals surface area contributed by atoms with E-state index in [0.717, 1.165) is 0 Å². The standard InChI is InChI=1S/C7H4ClNO4/c8-6-4(7(10)11)2-1-3-5(6)9(12)13/h1-3H,(H-,10,11,12,13)/p+1. The first-order valence-electron chi connectivity index (χ1n) is 3.22. The Morgan fingerprint density at radius 3 is 2.54 bits per heavy atom. The van der Waals surface area contributed by atoms with Crippen LogP contribution in [0.25, 0.3) is 0 Å². The molecular formula is C7H5ClNO4+. The summed E-state index contributed by atoms with van der Waals surface area (Å²) in [4.78, 5) is 20.5. The zero-order valence-electron chi connectivity index (χ0n) is 6.27. The fraction of sp³-hybridized carbons (Fsp3) is 0. The van der Waals surface area contributed by atoms with Crippen molar-refractivity contribution in [3.63, 3.8) is 0 Å². The van der Waals surface area contributed by atoms with Gasteiger partial charge in [0.1, 0.15) is 5.02 Å². The number of hydrogen-bond acceptors (Lipinski definition) is 2. The quantitative estimate of drug-likeness (QED) is 0.718. The fourth-order valence-electron chi connectivity index (χ4n) is 0.833. The number of carboxylic acids is 1. The molecule has 0 amide bonds. The molecule has 0 unspecified atom stereocenters. The highest BCUT2D eigenvalue weighted by Gasteiger charge is 2.22. The monoisotopic (exact) mass is 202 g/mol. The second kappa shape index (κ2) is 3.40. The zero-order chi connectivity index (χ0) is 10.0. The molecule has 6 heteroatoms. The molecule has 0 fully saturated rings. The first kappa shape index (κ1) is 9.47. The van der Waals surface area contributed by atoms with Crippen LogP contribution in [0, 0.1) is 4.91 Å². The highest BCUT2D eigenvalue weighted by atomic mass is 35.5. The van der Waals surface area contributed by atoms with Crippen LogP contribution in [0.5, 0.6) is 0 Å². The maximum atomic E-state index is 10.5. The Bertz CT molecular complexity index is 345. The third-order valence-electron chi connectivity index (χ3n) is 1.41. The lowest BCUT2D eigenvalue weighted by Gasteiger charge is -1.95. The summed E-state index contributed by atoms with van der Waals surface area (Å²) in [5.74, 6) is -1.26. The van der Waals surface area contributed by atoms with Gasteiger partial charge < -0.3 is 5.11 Å². The molecule has 0 atom stereocenters. The second-order valence-electron chi connectivity index (χ2n) is 2.22. The molecule has 5 nitrogen and oxygen atoms in total. The molecule has 0 heterocycles. The van der Waals surface area contributed by atoms with Crippen LogP contribution in [0.2, 0.25) is 5.02 Å². The molecule has 0 spiro atoms.